The third-order valence-electron chi connectivity index (χ3n) is 2.64. The average Bonchev–Trinajstić information content (AvgIpc) is 2.36. The van der Waals surface area contributed by atoms with Gasteiger partial charge in [-0.1, -0.05) is 30.3 Å². The van der Waals surface area contributed by atoms with E-state index in [-0.39, 0.29) is 19.6 Å². The van der Waals surface area contributed by atoms with Gasteiger partial charge < -0.3 is 18.8 Å². The molecule has 20 heavy (non-hydrogen) atoms. The highest BCUT2D eigenvalue weighted by molar-refractivity contribution is 7.71. The van der Waals surface area contributed by atoms with Crippen molar-refractivity contribution in [2.75, 3.05) is 13.2 Å². The molecular formula is C12H20O6P2. The Hall–Kier alpha value is -0.480. The van der Waals surface area contributed by atoms with Crippen LogP contribution in [0.3, 0.4) is 0 Å². The molecule has 0 amide bonds. The molecule has 0 heterocycles. The lowest BCUT2D eigenvalue weighted by atomic mass is 10.2. The zero-order valence-electron chi connectivity index (χ0n) is 11.5. The van der Waals surface area contributed by atoms with E-state index in [4.69, 9.17) is 9.05 Å². The molecule has 6 nitrogen and oxygen atoms in total. The predicted molar refractivity (Wildman–Crippen MR) is 76.8 cm³/mol. The van der Waals surface area contributed by atoms with E-state index < -0.39 is 20.6 Å². The Morgan fingerprint density at radius 1 is 1.00 bits per heavy atom. The maximum absolute atomic E-state index is 12.2. The van der Waals surface area contributed by atoms with Crippen LogP contribution in [0.25, 0.3) is 0 Å². The normalized spacial score (nSPS) is 19.0. The summed E-state index contributed by atoms with van der Waals surface area (Å²) in [5.41, 5.74) is 0.667. The molecule has 8 heteroatoms. The van der Waals surface area contributed by atoms with Crippen LogP contribution in [0.1, 0.15) is 19.4 Å². The van der Waals surface area contributed by atoms with Gasteiger partial charge in [-0.25, -0.2) is 0 Å². The highest BCUT2D eigenvalue weighted by Crippen LogP contribution is 2.66. The van der Waals surface area contributed by atoms with Gasteiger partial charge >= 0.3 is 15.2 Å². The summed E-state index contributed by atoms with van der Waals surface area (Å²) in [4.78, 5) is 19.8. The molecule has 114 valence electrons. The molecule has 2 N–H and O–H groups in total. The monoisotopic (exact) mass is 322 g/mol. The van der Waals surface area contributed by atoms with Crippen molar-refractivity contribution in [1.29, 1.82) is 0 Å². The summed E-state index contributed by atoms with van der Waals surface area (Å²) in [5.74, 6) is 0. The highest BCUT2D eigenvalue weighted by Gasteiger charge is 2.46. The van der Waals surface area contributed by atoms with Gasteiger partial charge in [0.2, 0.25) is 0 Å². The molecule has 0 aliphatic rings. The first-order chi connectivity index (χ1) is 9.33. The maximum atomic E-state index is 12.2. The van der Waals surface area contributed by atoms with Gasteiger partial charge in [0, 0.05) is 0 Å². The minimum atomic E-state index is -4.26. The van der Waals surface area contributed by atoms with Crippen molar-refractivity contribution in [1.82, 2.24) is 0 Å². The van der Waals surface area contributed by atoms with Crippen molar-refractivity contribution >= 4 is 15.2 Å². The second kappa shape index (κ2) is 7.51. The largest absolute Gasteiger partial charge is 0.343 e. The molecule has 0 radical (unpaired) electrons. The Labute approximate surface area is 118 Å². The zero-order chi connectivity index (χ0) is 15.2. The lowest BCUT2D eigenvalue weighted by molar-refractivity contribution is 0.247. The lowest BCUT2D eigenvalue weighted by Crippen LogP contribution is -2.16. The molecule has 0 aliphatic heterocycles. The van der Waals surface area contributed by atoms with E-state index in [1.165, 1.54) is 0 Å². The molecule has 1 aromatic carbocycles. The number of rotatable bonds is 8. The average molecular weight is 322 g/mol. The Morgan fingerprint density at radius 3 is 1.85 bits per heavy atom. The van der Waals surface area contributed by atoms with Crippen LogP contribution in [0.15, 0.2) is 30.3 Å². The predicted octanol–water partition coefficient (Wildman–Crippen LogP) is 3.00. The minimum absolute atomic E-state index is 0.0226. The van der Waals surface area contributed by atoms with E-state index in [0.29, 0.717) is 5.56 Å². The second-order valence-electron chi connectivity index (χ2n) is 4.13. The van der Waals surface area contributed by atoms with E-state index in [9.17, 15) is 18.9 Å². The summed E-state index contributed by atoms with van der Waals surface area (Å²) in [6.45, 7) is 3.05. The summed E-state index contributed by atoms with van der Waals surface area (Å²) in [7, 11) is -8.51. The Bertz CT molecular complexity index is 478. The van der Waals surface area contributed by atoms with Crippen LogP contribution in [0.2, 0.25) is 0 Å². The molecule has 0 aliphatic carbocycles. The third kappa shape index (κ3) is 4.81. The number of hydrogen-bond donors (Lipinski definition) is 2. The van der Waals surface area contributed by atoms with Crippen molar-refractivity contribution in [2.45, 2.75) is 25.7 Å². The van der Waals surface area contributed by atoms with E-state index >= 15 is 0 Å². The molecule has 1 aromatic rings. The van der Waals surface area contributed by atoms with Crippen molar-refractivity contribution in [3.8, 4) is 0 Å². The molecule has 0 bridgehead atoms. The van der Waals surface area contributed by atoms with Crippen LogP contribution in [-0.4, -0.2) is 28.4 Å². The van der Waals surface area contributed by atoms with Crippen LogP contribution in [0.4, 0.5) is 0 Å². The van der Waals surface area contributed by atoms with E-state index in [2.05, 4.69) is 0 Å². The second-order valence-corrected chi connectivity index (χ2v) is 8.56. The fourth-order valence-electron chi connectivity index (χ4n) is 1.78. The lowest BCUT2D eigenvalue weighted by Gasteiger charge is -2.25. The van der Waals surface area contributed by atoms with Crippen LogP contribution < -0.4 is 0 Å². The quantitative estimate of drug-likeness (QED) is 0.715. The molecule has 2 atom stereocenters. The standard InChI is InChI=1S/C12H20O6P2/c1-3-17-19(13,14)12(20(15,16)18-4-2)10-11-8-6-5-7-9-11/h5-9,12H,3-4,10H2,1-2H3,(H,13,14)(H,15,16). The highest BCUT2D eigenvalue weighted by atomic mass is 31.2. The first-order valence-corrected chi connectivity index (χ1v) is 9.60. The summed E-state index contributed by atoms with van der Waals surface area (Å²) in [6, 6.07) is 8.72. The van der Waals surface area contributed by atoms with Crippen molar-refractivity contribution in [3.63, 3.8) is 0 Å². The molecule has 0 spiro atoms. The number of benzene rings is 1. The third-order valence-corrected chi connectivity index (χ3v) is 7.52. The first-order valence-electron chi connectivity index (χ1n) is 6.31. The van der Waals surface area contributed by atoms with Gasteiger partial charge in [-0.2, -0.15) is 0 Å². The molecular weight excluding hydrogens is 302 g/mol. The fraction of sp³-hybridized carbons (Fsp3) is 0.500. The minimum Gasteiger partial charge on any atom is -0.324 e. The fourth-order valence-corrected chi connectivity index (χ4v) is 5.62. The summed E-state index contributed by atoms with van der Waals surface area (Å²) >= 11 is 0. The SMILES string of the molecule is CCOP(=O)(O)C(Cc1ccccc1)P(=O)(O)OCC. The summed E-state index contributed by atoms with van der Waals surface area (Å²) in [6.07, 6.45) is -0.0671. The van der Waals surface area contributed by atoms with Crippen LogP contribution in [0, 0.1) is 0 Å². The van der Waals surface area contributed by atoms with Gasteiger partial charge in [-0.15, -0.1) is 0 Å². The van der Waals surface area contributed by atoms with Gasteiger partial charge in [0.25, 0.3) is 0 Å². The van der Waals surface area contributed by atoms with E-state index in [1.807, 2.05) is 0 Å². The topological polar surface area (TPSA) is 93.1 Å². The molecule has 0 saturated carbocycles. The summed E-state index contributed by atoms with van der Waals surface area (Å²) in [5, 5.41) is -1.49. The van der Waals surface area contributed by atoms with Gasteiger partial charge in [-0.05, 0) is 25.8 Å². The van der Waals surface area contributed by atoms with Gasteiger partial charge in [0.1, 0.15) is 0 Å². The number of hydrogen-bond acceptors (Lipinski definition) is 4. The molecule has 1 rings (SSSR count). The molecule has 0 fully saturated rings. The molecule has 0 aromatic heterocycles. The Kier molecular flexibility index (Phi) is 6.59. The maximum Gasteiger partial charge on any atom is 0.343 e. The van der Waals surface area contributed by atoms with Gasteiger partial charge in [0.05, 0.1) is 13.2 Å². The van der Waals surface area contributed by atoms with Crippen LogP contribution in [-0.2, 0) is 24.6 Å². The van der Waals surface area contributed by atoms with Crippen LogP contribution >= 0.6 is 15.2 Å². The van der Waals surface area contributed by atoms with Gasteiger partial charge in [-0.3, -0.25) is 9.13 Å². The molecule has 0 saturated heterocycles. The Balaban J connectivity index is 3.08. The van der Waals surface area contributed by atoms with E-state index in [1.54, 1.807) is 44.2 Å². The van der Waals surface area contributed by atoms with Crippen molar-refractivity contribution in [2.24, 2.45) is 0 Å². The van der Waals surface area contributed by atoms with Crippen molar-refractivity contribution in [3.05, 3.63) is 35.9 Å². The zero-order valence-corrected chi connectivity index (χ0v) is 13.3. The molecule has 2 unspecified atom stereocenters. The van der Waals surface area contributed by atoms with Crippen LogP contribution in [0.5, 0.6) is 0 Å². The Morgan fingerprint density at radius 2 is 1.45 bits per heavy atom. The van der Waals surface area contributed by atoms with E-state index in [0.717, 1.165) is 0 Å². The smallest absolute Gasteiger partial charge is 0.324 e. The first kappa shape index (κ1) is 17.6. The van der Waals surface area contributed by atoms with Crippen molar-refractivity contribution < 1.29 is 28.0 Å². The van der Waals surface area contributed by atoms with Gasteiger partial charge in [0.15, 0.2) is 5.40 Å². The summed E-state index contributed by atoms with van der Waals surface area (Å²) < 4.78 is 33.9.